The third-order valence-corrected chi connectivity index (χ3v) is 2.80. The number of ether oxygens (including phenoxy) is 2. The first-order valence-electron chi connectivity index (χ1n) is 5.97. The van der Waals surface area contributed by atoms with Gasteiger partial charge in [-0.3, -0.25) is 9.59 Å². The van der Waals surface area contributed by atoms with Gasteiger partial charge in [-0.1, -0.05) is 18.2 Å². The maximum Gasteiger partial charge on any atom is 0.331 e. The second kappa shape index (κ2) is 6.05. The Morgan fingerprint density at radius 3 is 2.60 bits per heavy atom. The van der Waals surface area contributed by atoms with E-state index in [2.05, 4.69) is 15.4 Å². The van der Waals surface area contributed by atoms with Crippen LogP contribution in [0.25, 0.3) is 0 Å². The SMILES string of the molecule is COC(=O)C1NC(=O)C1NC(=O)COc1ccccc1. The molecule has 20 heavy (non-hydrogen) atoms. The number of amides is 2. The van der Waals surface area contributed by atoms with Crippen molar-refractivity contribution < 1.29 is 23.9 Å². The number of methoxy groups -OCH3 is 1. The molecule has 1 aliphatic rings. The summed E-state index contributed by atoms with van der Waals surface area (Å²) in [5.41, 5.74) is 0. The minimum Gasteiger partial charge on any atom is -0.484 e. The lowest BCUT2D eigenvalue weighted by molar-refractivity contribution is -0.154. The predicted octanol–water partition coefficient (Wildman–Crippen LogP) is -0.778. The molecule has 2 N–H and O–H groups in total. The lowest BCUT2D eigenvalue weighted by Gasteiger charge is -2.34. The third kappa shape index (κ3) is 3.05. The van der Waals surface area contributed by atoms with Crippen molar-refractivity contribution in [3.63, 3.8) is 0 Å². The molecule has 0 aliphatic carbocycles. The summed E-state index contributed by atoms with van der Waals surface area (Å²) in [5, 5.41) is 4.78. The number of nitrogens with one attached hydrogen (secondary N) is 2. The first-order valence-corrected chi connectivity index (χ1v) is 5.97. The number of hydrogen-bond acceptors (Lipinski definition) is 5. The normalized spacial score (nSPS) is 20.4. The number of para-hydroxylation sites is 1. The van der Waals surface area contributed by atoms with Crippen LogP contribution in [0.5, 0.6) is 5.75 Å². The average molecular weight is 278 g/mol. The topological polar surface area (TPSA) is 93.7 Å². The highest BCUT2D eigenvalue weighted by atomic mass is 16.5. The van der Waals surface area contributed by atoms with Crippen LogP contribution in [0.2, 0.25) is 0 Å². The van der Waals surface area contributed by atoms with Crippen LogP contribution < -0.4 is 15.4 Å². The average Bonchev–Trinajstić information content (AvgIpc) is 2.48. The highest BCUT2D eigenvalue weighted by Gasteiger charge is 2.45. The maximum absolute atomic E-state index is 11.7. The fourth-order valence-electron chi connectivity index (χ4n) is 1.73. The zero-order valence-electron chi connectivity index (χ0n) is 10.8. The van der Waals surface area contributed by atoms with Crippen LogP contribution in [0.3, 0.4) is 0 Å². The van der Waals surface area contributed by atoms with Crippen molar-refractivity contribution in [2.75, 3.05) is 13.7 Å². The molecular formula is C13H14N2O5. The number of hydrogen-bond donors (Lipinski definition) is 2. The van der Waals surface area contributed by atoms with Crippen LogP contribution in [0.15, 0.2) is 30.3 Å². The van der Waals surface area contributed by atoms with Gasteiger partial charge in [0.2, 0.25) is 5.91 Å². The number of carbonyl (C=O) groups is 3. The van der Waals surface area contributed by atoms with Gasteiger partial charge in [-0.15, -0.1) is 0 Å². The largest absolute Gasteiger partial charge is 0.484 e. The fourth-order valence-corrected chi connectivity index (χ4v) is 1.73. The molecule has 7 nitrogen and oxygen atoms in total. The summed E-state index contributed by atoms with van der Waals surface area (Å²) in [6, 6.07) is 7.05. The van der Waals surface area contributed by atoms with Gasteiger partial charge in [0.1, 0.15) is 11.8 Å². The number of rotatable bonds is 5. The van der Waals surface area contributed by atoms with Gasteiger partial charge in [0, 0.05) is 0 Å². The molecule has 1 aliphatic heterocycles. The summed E-state index contributed by atoms with van der Waals surface area (Å²) in [6.45, 7) is -0.234. The van der Waals surface area contributed by atoms with Gasteiger partial charge in [0.05, 0.1) is 7.11 Å². The van der Waals surface area contributed by atoms with Crippen molar-refractivity contribution in [1.82, 2.24) is 10.6 Å². The Morgan fingerprint density at radius 2 is 2.00 bits per heavy atom. The molecule has 2 amide bonds. The van der Waals surface area contributed by atoms with Crippen molar-refractivity contribution in [3.8, 4) is 5.75 Å². The quantitative estimate of drug-likeness (QED) is 0.544. The number of β-lactam (4-membered cyclic amide) rings is 1. The molecule has 2 atom stereocenters. The number of esters is 1. The van der Waals surface area contributed by atoms with Crippen LogP contribution in [0, 0.1) is 0 Å². The Morgan fingerprint density at radius 1 is 1.30 bits per heavy atom. The second-order valence-corrected chi connectivity index (χ2v) is 4.16. The van der Waals surface area contributed by atoms with Gasteiger partial charge in [-0.25, -0.2) is 4.79 Å². The molecule has 7 heteroatoms. The van der Waals surface area contributed by atoms with Gasteiger partial charge < -0.3 is 20.1 Å². The minimum absolute atomic E-state index is 0.234. The molecule has 0 bridgehead atoms. The van der Waals surface area contributed by atoms with Crippen molar-refractivity contribution >= 4 is 17.8 Å². The molecule has 1 aromatic carbocycles. The van der Waals surface area contributed by atoms with Crippen molar-refractivity contribution in [3.05, 3.63) is 30.3 Å². The molecule has 106 valence electrons. The van der Waals surface area contributed by atoms with E-state index in [0.29, 0.717) is 5.75 Å². The van der Waals surface area contributed by atoms with Crippen molar-refractivity contribution in [2.24, 2.45) is 0 Å². The molecule has 2 unspecified atom stereocenters. The zero-order chi connectivity index (χ0) is 14.5. The Bertz CT molecular complexity index is 517. The van der Waals surface area contributed by atoms with Crippen molar-refractivity contribution in [1.29, 1.82) is 0 Å². The van der Waals surface area contributed by atoms with E-state index in [1.807, 2.05) is 6.07 Å². The molecule has 0 aromatic heterocycles. The standard InChI is InChI=1S/C13H14N2O5/c1-19-13(18)11-10(12(17)15-11)14-9(16)7-20-8-5-3-2-4-6-8/h2-6,10-11H,7H2,1H3,(H,14,16)(H,15,17). The molecule has 0 radical (unpaired) electrons. The van der Waals surface area contributed by atoms with Gasteiger partial charge in [-0.05, 0) is 12.1 Å². The number of benzene rings is 1. The fraction of sp³-hybridized carbons (Fsp3) is 0.308. The van der Waals surface area contributed by atoms with E-state index in [-0.39, 0.29) is 6.61 Å². The predicted molar refractivity (Wildman–Crippen MR) is 67.8 cm³/mol. The van der Waals surface area contributed by atoms with Crippen LogP contribution in [0.1, 0.15) is 0 Å². The Labute approximate surface area is 115 Å². The van der Waals surface area contributed by atoms with E-state index in [4.69, 9.17) is 4.74 Å². The smallest absolute Gasteiger partial charge is 0.331 e. The first-order chi connectivity index (χ1) is 9.61. The summed E-state index contributed by atoms with van der Waals surface area (Å²) in [7, 11) is 1.21. The van der Waals surface area contributed by atoms with Crippen LogP contribution in [-0.2, 0) is 19.1 Å². The van der Waals surface area contributed by atoms with Crippen LogP contribution >= 0.6 is 0 Å². The highest BCUT2D eigenvalue weighted by Crippen LogP contribution is 2.09. The minimum atomic E-state index is -0.908. The molecular weight excluding hydrogens is 264 g/mol. The molecule has 1 fully saturated rings. The Kier molecular flexibility index (Phi) is 4.19. The van der Waals surface area contributed by atoms with E-state index >= 15 is 0 Å². The Hall–Kier alpha value is -2.57. The Balaban J connectivity index is 1.82. The first kappa shape index (κ1) is 13.9. The summed E-state index contributed by atoms with van der Waals surface area (Å²) >= 11 is 0. The maximum atomic E-state index is 11.7. The molecule has 0 saturated carbocycles. The van der Waals surface area contributed by atoms with Crippen LogP contribution in [-0.4, -0.2) is 43.6 Å². The lowest BCUT2D eigenvalue weighted by Crippen LogP contribution is -2.72. The zero-order valence-corrected chi connectivity index (χ0v) is 10.8. The summed E-state index contributed by atoms with van der Waals surface area (Å²) in [5.74, 6) is -0.958. The summed E-state index contributed by atoms with van der Waals surface area (Å²) < 4.78 is 9.74. The number of carbonyl (C=O) groups excluding carboxylic acids is 3. The molecule has 2 rings (SSSR count). The van der Waals surface area contributed by atoms with Gasteiger partial charge in [-0.2, -0.15) is 0 Å². The van der Waals surface area contributed by atoms with Crippen LogP contribution in [0.4, 0.5) is 0 Å². The highest BCUT2D eigenvalue weighted by molar-refractivity contribution is 6.02. The second-order valence-electron chi connectivity index (χ2n) is 4.16. The van der Waals surface area contributed by atoms with Gasteiger partial charge in [0.25, 0.3) is 5.91 Å². The third-order valence-electron chi connectivity index (χ3n) is 2.80. The van der Waals surface area contributed by atoms with Gasteiger partial charge in [0.15, 0.2) is 12.6 Å². The van der Waals surface area contributed by atoms with E-state index in [1.165, 1.54) is 7.11 Å². The van der Waals surface area contributed by atoms with E-state index in [1.54, 1.807) is 24.3 Å². The molecule has 1 heterocycles. The monoisotopic (exact) mass is 278 g/mol. The molecule has 1 saturated heterocycles. The molecule has 0 spiro atoms. The van der Waals surface area contributed by atoms with Crippen molar-refractivity contribution in [2.45, 2.75) is 12.1 Å². The molecule has 1 aromatic rings. The lowest BCUT2D eigenvalue weighted by atomic mass is 9.99. The van der Waals surface area contributed by atoms with Gasteiger partial charge >= 0.3 is 5.97 Å². The van der Waals surface area contributed by atoms with E-state index in [0.717, 1.165) is 0 Å². The van der Waals surface area contributed by atoms with E-state index < -0.39 is 29.9 Å². The summed E-state index contributed by atoms with van der Waals surface area (Å²) in [4.78, 5) is 34.2. The summed E-state index contributed by atoms with van der Waals surface area (Å²) in [6.07, 6.45) is 0. The van der Waals surface area contributed by atoms with E-state index in [9.17, 15) is 14.4 Å².